The summed E-state index contributed by atoms with van der Waals surface area (Å²) in [6, 6.07) is 5.64. The Balaban J connectivity index is 2.56. The molecule has 0 aromatic heterocycles. The molecule has 5 heteroatoms. The maximum atomic E-state index is 11.3. The Morgan fingerprint density at radius 1 is 1.38 bits per heavy atom. The minimum atomic E-state index is -0.483. The Morgan fingerprint density at radius 2 is 1.94 bits per heavy atom. The third-order valence-electron chi connectivity index (χ3n) is 2.07. The zero-order chi connectivity index (χ0) is 12.1. The van der Waals surface area contributed by atoms with Crippen molar-refractivity contribution in [2.75, 3.05) is 6.61 Å². The predicted octanol–water partition coefficient (Wildman–Crippen LogP) is 2.20. The van der Waals surface area contributed by atoms with Gasteiger partial charge in [0.1, 0.15) is 12.4 Å². The Hall–Kier alpha value is -1.91. The van der Waals surface area contributed by atoms with E-state index in [-0.39, 0.29) is 24.0 Å². The topological polar surface area (TPSA) is 69.4 Å². The van der Waals surface area contributed by atoms with E-state index in [0.29, 0.717) is 5.75 Å². The number of hydrogen-bond acceptors (Lipinski definition) is 4. The fourth-order valence-electron chi connectivity index (χ4n) is 0.985. The van der Waals surface area contributed by atoms with Gasteiger partial charge in [0.25, 0.3) is 5.69 Å². The van der Waals surface area contributed by atoms with Crippen LogP contribution in [0.25, 0.3) is 0 Å². The zero-order valence-electron chi connectivity index (χ0n) is 9.17. The van der Waals surface area contributed by atoms with Gasteiger partial charge in [-0.2, -0.15) is 0 Å². The summed E-state index contributed by atoms with van der Waals surface area (Å²) in [5, 5.41) is 10.4. The normalized spacial score (nSPS) is 10.2. The van der Waals surface area contributed by atoms with Crippen molar-refractivity contribution in [2.45, 2.75) is 13.8 Å². The first kappa shape index (κ1) is 12.2. The third kappa shape index (κ3) is 3.34. The van der Waals surface area contributed by atoms with Crippen LogP contribution in [0.5, 0.6) is 5.75 Å². The lowest BCUT2D eigenvalue weighted by molar-refractivity contribution is -0.384. The fourth-order valence-corrected chi connectivity index (χ4v) is 0.985. The van der Waals surface area contributed by atoms with Crippen LogP contribution in [0.1, 0.15) is 13.8 Å². The van der Waals surface area contributed by atoms with E-state index >= 15 is 0 Å². The molecule has 0 N–H and O–H groups in total. The molecular formula is C11H13NO4. The number of hydrogen-bond donors (Lipinski definition) is 0. The first-order valence-electron chi connectivity index (χ1n) is 4.90. The lowest BCUT2D eigenvalue weighted by atomic mass is 10.1. The first-order valence-corrected chi connectivity index (χ1v) is 4.90. The second-order valence-corrected chi connectivity index (χ2v) is 3.66. The number of non-ortho nitro benzene ring substituents is 1. The summed E-state index contributed by atoms with van der Waals surface area (Å²) in [6.07, 6.45) is 0. The number of carbonyl (C=O) groups is 1. The van der Waals surface area contributed by atoms with Crippen molar-refractivity contribution >= 4 is 11.5 Å². The summed E-state index contributed by atoms with van der Waals surface area (Å²) in [5.74, 6) is 0.385. The molecule has 0 atom stereocenters. The number of Topliss-reactive ketones (excluding diaryl/α,β-unsaturated/α-hetero) is 1. The number of nitro benzene ring substituents is 1. The SMILES string of the molecule is CC(C)C(=O)COc1ccc([N+](=O)[O-])cc1. The maximum Gasteiger partial charge on any atom is 0.269 e. The van der Waals surface area contributed by atoms with Crippen molar-refractivity contribution in [2.24, 2.45) is 5.92 Å². The van der Waals surface area contributed by atoms with Crippen LogP contribution in [0.2, 0.25) is 0 Å². The number of rotatable bonds is 5. The molecule has 0 fully saturated rings. The van der Waals surface area contributed by atoms with Gasteiger partial charge >= 0.3 is 0 Å². The van der Waals surface area contributed by atoms with Gasteiger partial charge in [0, 0.05) is 18.1 Å². The molecule has 0 unspecified atom stereocenters. The van der Waals surface area contributed by atoms with E-state index in [1.165, 1.54) is 24.3 Å². The maximum absolute atomic E-state index is 11.3. The molecule has 0 saturated carbocycles. The Labute approximate surface area is 93.2 Å². The van der Waals surface area contributed by atoms with E-state index in [0.717, 1.165) is 0 Å². The van der Waals surface area contributed by atoms with E-state index in [1.54, 1.807) is 13.8 Å². The number of nitro groups is 1. The fraction of sp³-hybridized carbons (Fsp3) is 0.364. The molecule has 0 saturated heterocycles. The summed E-state index contributed by atoms with van der Waals surface area (Å²) in [6.45, 7) is 3.58. The minimum absolute atomic E-state index is 0.00153. The van der Waals surface area contributed by atoms with E-state index in [2.05, 4.69) is 0 Å². The molecule has 1 aromatic rings. The van der Waals surface area contributed by atoms with Gasteiger partial charge in [-0.3, -0.25) is 14.9 Å². The van der Waals surface area contributed by atoms with E-state index < -0.39 is 4.92 Å². The molecule has 0 spiro atoms. The molecule has 1 aromatic carbocycles. The number of ketones is 1. The molecule has 0 amide bonds. The highest BCUT2D eigenvalue weighted by atomic mass is 16.6. The van der Waals surface area contributed by atoms with Crippen LogP contribution in [-0.2, 0) is 4.79 Å². The van der Waals surface area contributed by atoms with Crippen LogP contribution in [-0.4, -0.2) is 17.3 Å². The van der Waals surface area contributed by atoms with Crippen molar-refractivity contribution < 1.29 is 14.5 Å². The highest BCUT2D eigenvalue weighted by molar-refractivity contribution is 5.81. The number of nitrogens with zero attached hydrogens (tertiary/aromatic N) is 1. The standard InChI is InChI=1S/C11H13NO4/c1-8(2)11(13)7-16-10-5-3-9(4-6-10)12(14)15/h3-6,8H,7H2,1-2H3. The van der Waals surface area contributed by atoms with Gasteiger partial charge in [-0.15, -0.1) is 0 Å². The van der Waals surface area contributed by atoms with Gasteiger partial charge in [-0.1, -0.05) is 13.8 Å². The minimum Gasteiger partial charge on any atom is -0.486 e. The lowest BCUT2D eigenvalue weighted by Gasteiger charge is -2.06. The molecular weight excluding hydrogens is 210 g/mol. The summed E-state index contributed by atoms with van der Waals surface area (Å²) in [5.41, 5.74) is 0.00235. The number of benzene rings is 1. The summed E-state index contributed by atoms with van der Waals surface area (Å²) >= 11 is 0. The van der Waals surface area contributed by atoms with Gasteiger partial charge in [-0.25, -0.2) is 0 Å². The van der Waals surface area contributed by atoms with Crippen LogP contribution < -0.4 is 4.74 Å². The van der Waals surface area contributed by atoms with Gasteiger partial charge in [0.2, 0.25) is 0 Å². The monoisotopic (exact) mass is 223 g/mol. The lowest BCUT2D eigenvalue weighted by Crippen LogP contribution is -2.16. The molecule has 0 aliphatic heterocycles. The third-order valence-corrected chi connectivity index (χ3v) is 2.07. The van der Waals surface area contributed by atoms with Crippen LogP contribution in [0, 0.1) is 16.0 Å². The van der Waals surface area contributed by atoms with Crippen molar-refractivity contribution in [3.05, 3.63) is 34.4 Å². The van der Waals surface area contributed by atoms with Crippen molar-refractivity contribution in [1.82, 2.24) is 0 Å². The quantitative estimate of drug-likeness (QED) is 0.566. The van der Waals surface area contributed by atoms with E-state index in [1.807, 2.05) is 0 Å². The van der Waals surface area contributed by atoms with Gasteiger partial charge < -0.3 is 4.74 Å². The highest BCUT2D eigenvalue weighted by Crippen LogP contribution is 2.17. The zero-order valence-corrected chi connectivity index (χ0v) is 9.17. The molecule has 16 heavy (non-hydrogen) atoms. The van der Waals surface area contributed by atoms with Gasteiger partial charge in [-0.05, 0) is 12.1 Å². The van der Waals surface area contributed by atoms with Crippen LogP contribution in [0.3, 0.4) is 0 Å². The van der Waals surface area contributed by atoms with Crippen LogP contribution in [0.15, 0.2) is 24.3 Å². The van der Waals surface area contributed by atoms with E-state index in [4.69, 9.17) is 4.74 Å². The van der Waals surface area contributed by atoms with E-state index in [9.17, 15) is 14.9 Å². The largest absolute Gasteiger partial charge is 0.486 e. The molecule has 1 rings (SSSR count). The molecule has 0 aliphatic rings. The second-order valence-electron chi connectivity index (χ2n) is 3.66. The number of carbonyl (C=O) groups excluding carboxylic acids is 1. The first-order chi connectivity index (χ1) is 7.50. The van der Waals surface area contributed by atoms with Gasteiger partial charge in [0.15, 0.2) is 5.78 Å². The molecule has 5 nitrogen and oxygen atoms in total. The molecule has 0 radical (unpaired) electrons. The van der Waals surface area contributed by atoms with Crippen molar-refractivity contribution in [1.29, 1.82) is 0 Å². The summed E-state index contributed by atoms with van der Waals surface area (Å²) in [4.78, 5) is 21.2. The van der Waals surface area contributed by atoms with Crippen LogP contribution in [0.4, 0.5) is 5.69 Å². The predicted molar refractivity (Wildman–Crippen MR) is 58.4 cm³/mol. The summed E-state index contributed by atoms with van der Waals surface area (Å²) in [7, 11) is 0. The highest BCUT2D eigenvalue weighted by Gasteiger charge is 2.09. The Kier molecular flexibility index (Phi) is 3.99. The van der Waals surface area contributed by atoms with Crippen molar-refractivity contribution in [3.8, 4) is 5.75 Å². The second kappa shape index (κ2) is 5.25. The summed E-state index contributed by atoms with van der Waals surface area (Å²) < 4.78 is 5.19. The molecule has 0 bridgehead atoms. The molecule has 0 heterocycles. The number of ether oxygens (including phenoxy) is 1. The Morgan fingerprint density at radius 3 is 2.38 bits per heavy atom. The van der Waals surface area contributed by atoms with Crippen LogP contribution >= 0.6 is 0 Å². The molecule has 86 valence electrons. The smallest absolute Gasteiger partial charge is 0.269 e. The average molecular weight is 223 g/mol. The molecule has 0 aliphatic carbocycles. The van der Waals surface area contributed by atoms with Gasteiger partial charge in [0.05, 0.1) is 4.92 Å². The average Bonchev–Trinajstić information content (AvgIpc) is 2.26. The Bertz CT molecular complexity index is 383. The van der Waals surface area contributed by atoms with Crippen molar-refractivity contribution in [3.63, 3.8) is 0 Å².